The van der Waals surface area contributed by atoms with Crippen LogP contribution in [0.3, 0.4) is 0 Å². The molecule has 0 fully saturated rings. The number of hydrogen-bond donors (Lipinski definition) is 3. The Labute approximate surface area is 81.5 Å². The van der Waals surface area contributed by atoms with Crippen LogP contribution in [-0.4, -0.2) is 20.5 Å². The summed E-state index contributed by atoms with van der Waals surface area (Å²) in [4.78, 5) is 0. The van der Waals surface area contributed by atoms with Gasteiger partial charge in [0.1, 0.15) is 0 Å². The third-order valence-corrected chi connectivity index (χ3v) is 4.59. The average molecular weight is 218 g/mol. The van der Waals surface area contributed by atoms with Crippen molar-refractivity contribution in [3.63, 3.8) is 0 Å². The molecule has 56 valence electrons. The standard InChI is InChI=1S/C4H10S5/c1-8-3(2-5)9-4(6)7/h3-7H,2H2,1H3. The normalized spacial score (nSPS) is 14.3. The molecule has 0 aliphatic rings. The van der Waals surface area contributed by atoms with E-state index < -0.39 is 0 Å². The van der Waals surface area contributed by atoms with Gasteiger partial charge in [-0.2, -0.15) is 49.6 Å². The van der Waals surface area contributed by atoms with E-state index in [1.165, 1.54) is 0 Å². The van der Waals surface area contributed by atoms with Gasteiger partial charge in [-0.3, -0.25) is 0 Å². The first kappa shape index (κ1) is 10.8. The predicted molar refractivity (Wildman–Crippen MR) is 60.5 cm³/mol. The maximum Gasteiger partial charge on any atom is 0.0910 e. The summed E-state index contributed by atoms with van der Waals surface area (Å²) in [6.07, 6.45) is 2.07. The molecule has 5 heteroatoms. The molecule has 0 rings (SSSR count). The first-order chi connectivity index (χ1) is 4.20. The summed E-state index contributed by atoms with van der Waals surface area (Å²) in [5, 5.41) is 0. The van der Waals surface area contributed by atoms with Crippen LogP contribution in [-0.2, 0) is 0 Å². The average Bonchev–Trinajstić information content (AvgIpc) is 1.82. The van der Waals surface area contributed by atoms with Gasteiger partial charge < -0.3 is 0 Å². The van der Waals surface area contributed by atoms with Crippen molar-refractivity contribution in [2.24, 2.45) is 0 Å². The molecule has 0 bridgehead atoms. The topological polar surface area (TPSA) is 0 Å². The van der Waals surface area contributed by atoms with E-state index in [4.69, 9.17) is 0 Å². The Hall–Kier alpha value is 1.75. The van der Waals surface area contributed by atoms with Gasteiger partial charge in [0.05, 0.1) is 8.50 Å². The smallest absolute Gasteiger partial charge is 0.0910 e. The third kappa shape index (κ3) is 6.16. The first-order valence-corrected chi connectivity index (χ1v) is 6.25. The maximum absolute atomic E-state index is 4.16. The highest BCUT2D eigenvalue weighted by Gasteiger charge is 2.07. The molecule has 1 atom stereocenters. The largest absolute Gasteiger partial charge is 0.177 e. The van der Waals surface area contributed by atoms with Crippen molar-refractivity contribution in [3.8, 4) is 0 Å². The molecule has 1 unspecified atom stereocenters. The van der Waals surface area contributed by atoms with Gasteiger partial charge in [-0.25, -0.2) is 0 Å². The molecule has 0 aliphatic carbocycles. The van der Waals surface area contributed by atoms with Crippen LogP contribution >= 0.6 is 61.4 Å². The molecule has 0 aromatic heterocycles. The van der Waals surface area contributed by atoms with E-state index in [9.17, 15) is 0 Å². The molecule has 0 saturated carbocycles. The first-order valence-electron chi connectivity index (χ1n) is 2.36. The van der Waals surface area contributed by atoms with Gasteiger partial charge in [0, 0.05) is 5.75 Å². The van der Waals surface area contributed by atoms with Crippen LogP contribution in [0.25, 0.3) is 0 Å². The minimum Gasteiger partial charge on any atom is -0.177 e. The molecule has 0 heterocycles. The van der Waals surface area contributed by atoms with Gasteiger partial charge in [-0.05, 0) is 6.26 Å². The Morgan fingerprint density at radius 3 is 2.11 bits per heavy atom. The van der Waals surface area contributed by atoms with Crippen LogP contribution in [0.4, 0.5) is 0 Å². The summed E-state index contributed by atoms with van der Waals surface area (Å²) < 4.78 is 0.642. The Bertz CT molecular complexity index is 60.0. The van der Waals surface area contributed by atoms with Crippen LogP contribution in [0, 0.1) is 0 Å². The monoisotopic (exact) mass is 218 g/mol. The van der Waals surface area contributed by atoms with Gasteiger partial charge in [0.25, 0.3) is 0 Å². The van der Waals surface area contributed by atoms with E-state index in [1.54, 1.807) is 23.5 Å². The molecule has 0 N–H and O–H groups in total. The summed E-state index contributed by atoms with van der Waals surface area (Å²) in [6, 6.07) is 0. The number of thioether (sulfide) groups is 2. The molecule has 0 aliphatic heterocycles. The van der Waals surface area contributed by atoms with Crippen LogP contribution in [0.15, 0.2) is 0 Å². The Kier molecular flexibility index (Phi) is 7.72. The highest BCUT2D eigenvalue weighted by molar-refractivity contribution is 8.28. The quantitative estimate of drug-likeness (QED) is 0.490. The van der Waals surface area contributed by atoms with Crippen molar-refractivity contribution in [3.05, 3.63) is 0 Å². The van der Waals surface area contributed by atoms with Crippen LogP contribution in [0.5, 0.6) is 0 Å². The van der Waals surface area contributed by atoms with E-state index in [2.05, 4.69) is 44.1 Å². The van der Waals surface area contributed by atoms with Crippen molar-refractivity contribution in [1.82, 2.24) is 0 Å². The Morgan fingerprint density at radius 2 is 2.00 bits per heavy atom. The van der Waals surface area contributed by atoms with Crippen molar-refractivity contribution in [2.45, 2.75) is 8.50 Å². The molecule has 0 saturated heterocycles. The van der Waals surface area contributed by atoms with Gasteiger partial charge in [0.2, 0.25) is 0 Å². The second kappa shape index (κ2) is 6.46. The molecule has 9 heavy (non-hydrogen) atoms. The second-order valence-corrected chi connectivity index (χ2v) is 6.47. The van der Waals surface area contributed by atoms with E-state index in [1.807, 2.05) is 0 Å². The molecule has 0 radical (unpaired) electrons. The molecule has 0 aromatic carbocycles. The van der Waals surface area contributed by atoms with Crippen LogP contribution in [0.2, 0.25) is 0 Å². The molecule has 0 amide bonds. The summed E-state index contributed by atoms with van der Waals surface area (Å²) >= 11 is 15.9. The molecule has 0 spiro atoms. The minimum atomic E-state index is 0.120. The number of thiol groups is 3. The number of hydrogen-bond acceptors (Lipinski definition) is 5. The molecule has 0 aromatic rings. The van der Waals surface area contributed by atoms with Crippen molar-refractivity contribution in [2.75, 3.05) is 12.0 Å². The summed E-state index contributed by atoms with van der Waals surface area (Å²) in [6.45, 7) is 0. The lowest BCUT2D eigenvalue weighted by atomic mass is 10.9. The zero-order valence-corrected chi connectivity index (χ0v) is 9.34. The predicted octanol–water partition coefficient (Wildman–Crippen LogP) is 2.48. The van der Waals surface area contributed by atoms with E-state index in [-0.39, 0.29) is 3.91 Å². The van der Waals surface area contributed by atoms with Crippen molar-refractivity contribution in [1.29, 1.82) is 0 Å². The zero-order valence-electron chi connectivity index (χ0n) is 5.02. The van der Waals surface area contributed by atoms with Crippen LogP contribution in [0.1, 0.15) is 0 Å². The summed E-state index contributed by atoms with van der Waals surface area (Å²) in [7, 11) is 0. The highest BCUT2D eigenvalue weighted by Crippen LogP contribution is 2.30. The fraction of sp³-hybridized carbons (Fsp3) is 1.00. The summed E-state index contributed by atoms with van der Waals surface area (Å²) in [5.41, 5.74) is 0. The Balaban J connectivity index is 3.31. The number of rotatable bonds is 4. The maximum atomic E-state index is 4.16. The zero-order chi connectivity index (χ0) is 7.28. The lowest BCUT2D eigenvalue weighted by Crippen LogP contribution is -1.99. The summed E-state index contributed by atoms with van der Waals surface area (Å²) in [5.74, 6) is 0.878. The van der Waals surface area contributed by atoms with E-state index in [0.29, 0.717) is 4.58 Å². The Morgan fingerprint density at radius 1 is 1.44 bits per heavy atom. The van der Waals surface area contributed by atoms with Gasteiger partial charge in [-0.1, -0.05) is 0 Å². The van der Waals surface area contributed by atoms with Gasteiger partial charge in [-0.15, -0.1) is 11.8 Å². The second-order valence-electron chi connectivity index (χ2n) is 1.31. The lowest BCUT2D eigenvalue weighted by molar-refractivity contribution is 1.46. The highest BCUT2D eigenvalue weighted by atomic mass is 32.3. The minimum absolute atomic E-state index is 0.120. The van der Waals surface area contributed by atoms with Gasteiger partial charge >= 0.3 is 0 Å². The SMILES string of the molecule is CSC(CS)SC(S)S. The molecular weight excluding hydrogens is 208 g/mol. The van der Waals surface area contributed by atoms with E-state index in [0.717, 1.165) is 5.75 Å². The van der Waals surface area contributed by atoms with E-state index >= 15 is 0 Å². The fourth-order valence-corrected chi connectivity index (χ4v) is 3.67. The fourth-order valence-electron chi connectivity index (χ4n) is 0.309. The van der Waals surface area contributed by atoms with Gasteiger partial charge in [0.15, 0.2) is 0 Å². The van der Waals surface area contributed by atoms with Crippen molar-refractivity contribution >= 4 is 61.4 Å². The van der Waals surface area contributed by atoms with Crippen molar-refractivity contribution < 1.29 is 0 Å². The third-order valence-electron chi connectivity index (χ3n) is 0.685. The lowest BCUT2D eigenvalue weighted by Gasteiger charge is -2.11. The van der Waals surface area contributed by atoms with Crippen LogP contribution < -0.4 is 0 Å². The molecular formula is C4H10S5. The molecule has 0 nitrogen and oxygen atoms in total.